The molecule has 0 radical (unpaired) electrons. The summed E-state index contributed by atoms with van der Waals surface area (Å²) in [6, 6.07) is 12.2. The van der Waals surface area contributed by atoms with Crippen LogP contribution in [0.4, 0.5) is 13.2 Å². The summed E-state index contributed by atoms with van der Waals surface area (Å²) < 4.78 is 46.9. The topological polar surface area (TPSA) is 69.0 Å². The van der Waals surface area contributed by atoms with E-state index in [1.807, 2.05) is 31.2 Å². The molecule has 0 bridgehead atoms. The molecule has 1 saturated heterocycles. The van der Waals surface area contributed by atoms with Gasteiger partial charge in [-0.3, -0.25) is 4.79 Å². The summed E-state index contributed by atoms with van der Waals surface area (Å²) in [6.07, 6.45) is -0.809. The Hall–Kier alpha value is -3.20. The summed E-state index contributed by atoms with van der Waals surface area (Å²) in [7, 11) is 0. The maximum Gasteiger partial charge on any atom is 0.416 e. The molecule has 3 aromatic rings. The van der Waals surface area contributed by atoms with Gasteiger partial charge in [0.15, 0.2) is 0 Å². The maximum atomic E-state index is 13.4. The number of nitrogens with zero attached hydrogens (tertiary/aromatic N) is 3. The summed E-state index contributed by atoms with van der Waals surface area (Å²) in [5.74, 6) is -0.298. The van der Waals surface area contributed by atoms with E-state index in [0.29, 0.717) is 31.6 Å². The van der Waals surface area contributed by atoms with Gasteiger partial charge in [-0.1, -0.05) is 30.3 Å². The van der Waals surface area contributed by atoms with Gasteiger partial charge in [-0.15, -0.1) is 0 Å². The molecule has 6 nitrogen and oxygen atoms in total. The fourth-order valence-electron chi connectivity index (χ4n) is 4.04. The minimum absolute atomic E-state index is 0.298. The highest BCUT2D eigenvalue weighted by atomic mass is 19.4. The lowest BCUT2D eigenvalue weighted by molar-refractivity contribution is -0.138. The fraction of sp³-hybridized carbons (Fsp3) is 0.348. The fourth-order valence-corrected chi connectivity index (χ4v) is 4.04. The lowest BCUT2D eigenvalue weighted by atomic mass is 9.72. The molecule has 1 aromatic heterocycles. The Balaban J connectivity index is 1.57. The van der Waals surface area contributed by atoms with Crippen molar-refractivity contribution >= 4 is 5.91 Å². The van der Waals surface area contributed by atoms with Crippen LogP contribution < -0.4 is 5.32 Å². The number of amides is 1. The SMILES string of the molecule is CC(NC(=O)C1(c2cccc(C(F)(F)F)c2)CCOCC1)c1ccc(-n2cncn2)cc1. The summed E-state index contributed by atoms with van der Waals surface area (Å²) in [6.45, 7) is 2.47. The molecule has 1 aliphatic rings. The van der Waals surface area contributed by atoms with Crippen molar-refractivity contribution in [1.29, 1.82) is 0 Å². The van der Waals surface area contributed by atoms with E-state index in [4.69, 9.17) is 4.74 Å². The minimum atomic E-state index is -4.47. The van der Waals surface area contributed by atoms with Crippen LogP contribution in [0.1, 0.15) is 42.5 Å². The molecule has 1 amide bonds. The van der Waals surface area contributed by atoms with Gasteiger partial charge in [-0.25, -0.2) is 9.67 Å². The van der Waals surface area contributed by atoms with Gasteiger partial charge in [-0.05, 0) is 49.1 Å². The van der Waals surface area contributed by atoms with Gasteiger partial charge in [0.25, 0.3) is 0 Å². The number of nitrogens with one attached hydrogen (secondary N) is 1. The number of aromatic nitrogens is 3. The zero-order valence-corrected chi connectivity index (χ0v) is 17.5. The van der Waals surface area contributed by atoms with Crippen LogP contribution in [0.2, 0.25) is 0 Å². The highest BCUT2D eigenvalue weighted by Crippen LogP contribution is 2.39. The lowest BCUT2D eigenvalue weighted by Gasteiger charge is -2.37. The van der Waals surface area contributed by atoms with Gasteiger partial charge in [0, 0.05) is 13.2 Å². The molecule has 1 aliphatic heterocycles. The third-order valence-corrected chi connectivity index (χ3v) is 5.95. The molecule has 1 unspecified atom stereocenters. The minimum Gasteiger partial charge on any atom is -0.381 e. The van der Waals surface area contributed by atoms with Gasteiger partial charge >= 0.3 is 6.18 Å². The van der Waals surface area contributed by atoms with Crippen molar-refractivity contribution in [2.45, 2.75) is 37.4 Å². The molecule has 1 atom stereocenters. The Kier molecular flexibility index (Phi) is 6.01. The maximum absolute atomic E-state index is 13.4. The Labute approximate surface area is 183 Å². The predicted molar refractivity (Wildman–Crippen MR) is 111 cm³/mol. The number of ether oxygens (including phenoxy) is 1. The average Bonchev–Trinajstić information content (AvgIpc) is 3.34. The molecule has 0 saturated carbocycles. The highest BCUT2D eigenvalue weighted by molar-refractivity contribution is 5.88. The van der Waals surface area contributed by atoms with Crippen molar-refractivity contribution in [2.75, 3.05) is 13.2 Å². The molecule has 32 heavy (non-hydrogen) atoms. The molecule has 0 aliphatic carbocycles. The van der Waals surface area contributed by atoms with Crippen molar-refractivity contribution in [3.8, 4) is 5.69 Å². The molecule has 1 fully saturated rings. The molecule has 168 valence electrons. The van der Waals surface area contributed by atoms with E-state index < -0.39 is 17.2 Å². The summed E-state index contributed by atoms with van der Waals surface area (Å²) >= 11 is 0. The largest absolute Gasteiger partial charge is 0.416 e. The molecule has 0 spiro atoms. The zero-order valence-electron chi connectivity index (χ0n) is 17.5. The van der Waals surface area contributed by atoms with E-state index in [2.05, 4.69) is 15.4 Å². The monoisotopic (exact) mass is 444 g/mol. The van der Waals surface area contributed by atoms with Crippen LogP contribution >= 0.6 is 0 Å². The third-order valence-electron chi connectivity index (χ3n) is 5.95. The van der Waals surface area contributed by atoms with Gasteiger partial charge in [0.05, 0.1) is 22.7 Å². The Bertz CT molecular complexity index is 1060. The molecular formula is C23H23F3N4O2. The summed E-state index contributed by atoms with van der Waals surface area (Å²) in [5, 5.41) is 7.09. The number of carbonyl (C=O) groups is 1. The first-order valence-corrected chi connectivity index (χ1v) is 10.3. The van der Waals surface area contributed by atoms with Gasteiger partial charge < -0.3 is 10.1 Å². The van der Waals surface area contributed by atoms with Crippen LogP contribution in [0.3, 0.4) is 0 Å². The first-order chi connectivity index (χ1) is 15.3. The highest BCUT2D eigenvalue weighted by Gasteiger charge is 2.43. The Morgan fingerprint density at radius 1 is 1.16 bits per heavy atom. The van der Waals surface area contributed by atoms with Crippen molar-refractivity contribution in [2.24, 2.45) is 0 Å². The van der Waals surface area contributed by atoms with E-state index in [1.54, 1.807) is 17.1 Å². The van der Waals surface area contributed by atoms with E-state index in [9.17, 15) is 18.0 Å². The molecule has 1 N–H and O–H groups in total. The van der Waals surface area contributed by atoms with Crippen LogP contribution in [0.25, 0.3) is 5.69 Å². The Morgan fingerprint density at radius 2 is 1.88 bits per heavy atom. The number of alkyl halides is 3. The molecule has 2 aromatic carbocycles. The average molecular weight is 444 g/mol. The second-order valence-corrected chi connectivity index (χ2v) is 7.90. The van der Waals surface area contributed by atoms with Gasteiger partial charge in [-0.2, -0.15) is 18.3 Å². The standard InChI is InChI=1S/C23H23F3N4O2/c1-16(17-5-7-20(8-6-17)30-15-27-14-28-30)29-21(31)22(9-11-32-12-10-22)18-3-2-4-19(13-18)23(24,25)26/h2-8,13-16H,9-12H2,1H3,(H,29,31). The lowest BCUT2D eigenvalue weighted by Crippen LogP contribution is -2.48. The van der Waals surface area contributed by atoms with Crippen molar-refractivity contribution in [3.63, 3.8) is 0 Å². The van der Waals surface area contributed by atoms with Crippen LogP contribution in [0.15, 0.2) is 61.2 Å². The van der Waals surface area contributed by atoms with Crippen molar-refractivity contribution in [1.82, 2.24) is 20.1 Å². The number of halogens is 3. The number of benzene rings is 2. The van der Waals surface area contributed by atoms with Gasteiger partial charge in [0.2, 0.25) is 5.91 Å². The van der Waals surface area contributed by atoms with Crippen LogP contribution in [0.5, 0.6) is 0 Å². The van der Waals surface area contributed by atoms with Crippen LogP contribution in [-0.4, -0.2) is 33.9 Å². The molecular weight excluding hydrogens is 421 g/mol. The van der Waals surface area contributed by atoms with E-state index in [0.717, 1.165) is 23.4 Å². The Morgan fingerprint density at radius 3 is 2.50 bits per heavy atom. The van der Waals surface area contributed by atoms with E-state index in [1.165, 1.54) is 12.4 Å². The van der Waals surface area contributed by atoms with Gasteiger partial charge in [0.1, 0.15) is 12.7 Å². The zero-order chi connectivity index (χ0) is 22.8. The second-order valence-electron chi connectivity index (χ2n) is 7.90. The smallest absolute Gasteiger partial charge is 0.381 e. The molecule has 2 heterocycles. The summed E-state index contributed by atoms with van der Waals surface area (Å²) in [5.41, 5.74) is 0.226. The number of hydrogen-bond acceptors (Lipinski definition) is 4. The number of carbonyl (C=O) groups excluding carboxylic acids is 1. The van der Waals surface area contributed by atoms with E-state index in [-0.39, 0.29) is 11.9 Å². The predicted octanol–water partition coefficient (Wildman–Crippen LogP) is 4.21. The van der Waals surface area contributed by atoms with Crippen molar-refractivity contribution < 1.29 is 22.7 Å². The molecule has 9 heteroatoms. The summed E-state index contributed by atoms with van der Waals surface area (Å²) in [4.78, 5) is 17.4. The third kappa shape index (κ3) is 4.38. The molecule has 4 rings (SSSR count). The number of rotatable bonds is 5. The van der Waals surface area contributed by atoms with Crippen LogP contribution in [0, 0.1) is 0 Å². The van der Waals surface area contributed by atoms with Crippen LogP contribution in [-0.2, 0) is 21.1 Å². The quantitative estimate of drug-likeness (QED) is 0.640. The van der Waals surface area contributed by atoms with Crippen molar-refractivity contribution in [3.05, 3.63) is 77.9 Å². The first kappa shape index (κ1) is 22.0. The van der Waals surface area contributed by atoms with E-state index >= 15 is 0 Å². The first-order valence-electron chi connectivity index (χ1n) is 10.3. The second kappa shape index (κ2) is 8.74. The normalized spacial score (nSPS) is 17.0. The number of hydrogen-bond donors (Lipinski definition) is 1.